The lowest BCUT2D eigenvalue weighted by Crippen LogP contribution is -2.25. The average molecular weight is 419 g/mol. The summed E-state index contributed by atoms with van der Waals surface area (Å²) in [4.78, 5) is 1.17. The van der Waals surface area contributed by atoms with Gasteiger partial charge in [-0.2, -0.15) is 0 Å². The molecule has 0 saturated heterocycles. The number of rotatable bonds is 5. The van der Waals surface area contributed by atoms with Crippen molar-refractivity contribution in [1.29, 1.82) is 0 Å². The molecule has 0 radical (unpaired) electrons. The highest BCUT2D eigenvalue weighted by atomic mass is 79.9. The van der Waals surface area contributed by atoms with Gasteiger partial charge >= 0.3 is 0 Å². The van der Waals surface area contributed by atoms with Crippen molar-refractivity contribution in [2.75, 3.05) is 5.75 Å². The standard InChI is InChI=1S/C15H14Br2FNS/c16-11-5-10(6-12(18)8-11)7-13(19)9-20-15-4-2-1-3-14(15)17/h1-6,8,13H,7,9,19H2. The Balaban J connectivity index is 1.92. The minimum atomic E-state index is -0.236. The Morgan fingerprint density at radius 3 is 2.60 bits per heavy atom. The van der Waals surface area contributed by atoms with Crippen LogP contribution in [-0.4, -0.2) is 11.8 Å². The number of thioether (sulfide) groups is 1. The third-order valence-electron chi connectivity index (χ3n) is 2.71. The quantitative estimate of drug-likeness (QED) is 0.690. The number of benzene rings is 2. The highest BCUT2D eigenvalue weighted by Crippen LogP contribution is 2.27. The molecule has 0 aliphatic carbocycles. The van der Waals surface area contributed by atoms with Crippen molar-refractivity contribution in [3.8, 4) is 0 Å². The van der Waals surface area contributed by atoms with Crippen molar-refractivity contribution >= 4 is 43.6 Å². The van der Waals surface area contributed by atoms with Crippen LogP contribution in [0.5, 0.6) is 0 Å². The highest BCUT2D eigenvalue weighted by Gasteiger charge is 2.08. The zero-order valence-electron chi connectivity index (χ0n) is 10.7. The summed E-state index contributed by atoms with van der Waals surface area (Å²) < 4.78 is 15.1. The van der Waals surface area contributed by atoms with Gasteiger partial charge in [0.1, 0.15) is 5.82 Å². The van der Waals surface area contributed by atoms with Crippen molar-refractivity contribution in [1.82, 2.24) is 0 Å². The van der Waals surface area contributed by atoms with Crippen LogP contribution in [0.25, 0.3) is 0 Å². The van der Waals surface area contributed by atoms with Gasteiger partial charge in [-0.3, -0.25) is 0 Å². The first kappa shape index (κ1) is 16.0. The van der Waals surface area contributed by atoms with Gasteiger partial charge in [0.05, 0.1) is 0 Å². The predicted octanol–water partition coefficient (Wildman–Crippen LogP) is 5.01. The fraction of sp³-hybridized carbons (Fsp3) is 0.200. The number of nitrogens with two attached hydrogens (primary N) is 1. The van der Waals surface area contributed by atoms with E-state index in [1.807, 2.05) is 24.3 Å². The maximum absolute atomic E-state index is 13.3. The maximum Gasteiger partial charge on any atom is 0.124 e. The van der Waals surface area contributed by atoms with Crippen molar-refractivity contribution in [2.45, 2.75) is 17.4 Å². The van der Waals surface area contributed by atoms with Crippen LogP contribution in [0.3, 0.4) is 0 Å². The molecule has 1 nitrogen and oxygen atoms in total. The van der Waals surface area contributed by atoms with E-state index < -0.39 is 0 Å². The van der Waals surface area contributed by atoms with Gasteiger partial charge in [-0.25, -0.2) is 4.39 Å². The van der Waals surface area contributed by atoms with E-state index in [2.05, 4.69) is 37.9 Å². The van der Waals surface area contributed by atoms with Gasteiger partial charge in [0.2, 0.25) is 0 Å². The van der Waals surface area contributed by atoms with Crippen LogP contribution in [0, 0.1) is 5.82 Å². The van der Waals surface area contributed by atoms with Gasteiger partial charge in [-0.15, -0.1) is 11.8 Å². The van der Waals surface area contributed by atoms with Gasteiger partial charge in [0.25, 0.3) is 0 Å². The Bertz CT molecular complexity index is 572. The topological polar surface area (TPSA) is 26.0 Å². The molecule has 0 aliphatic heterocycles. The first-order chi connectivity index (χ1) is 9.54. The smallest absolute Gasteiger partial charge is 0.124 e. The minimum Gasteiger partial charge on any atom is -0.327 e. The zero-order valence-corrected chi connectivity index (χ0v) is 14.6. The van der Waals surface area contributed by atoms with Gasteiger partial charge in [0.15, 0.2) is 0 Å². The van der Waals surface area contributed by atoms with Crippen LogP contribution in [0.4, 0.5) is 4.39 Å². The van der Waals surface area contributed by atoms with E-state index in [0.29, 0.717) is 6.42 Å². The molecule has 0 amide bonds. The Morgan fingerprint density at radius 1 is 1.15 bits per heavy atom. The maximum atomic E-state index is 13.3. The Kier molecular flexibility index (Phi) is 6.08. The van der Waals surface area contributed by atoms with E-state index >= 15 is 0 Å². The van der Waals surface area contributed by atoms with Crippen LogP contribution in [0.2, 0.25) is 0 Å². The molecule has 5 heteroatoms. The van der Waals surface area contributed by atoms with Crippen LogP contribution in [0.1, 0.15) is 5.56 Å². The van der Waals surface area contributed by atoms with Gasteiger partial charge in [-0.05, 0) is 58.2 Å². The molecule has 2 aromatic carbocycles. The van der Waals surface area contributed by atoms with Crippen molar-refractivity contribution in [2.24, 2.45) is 5.73 Å². The molecule has 106 valence electrons. The Morgan fingerprint density at radius 2 is 1.90 bits per heavy atom. The minimum absolute atomic E-state index is 0.0131. The lowest BCUT2D eigenvalue weighted by Gasteiger charge is -2.12. The fourth-order valence-corrected chi connectivity index (χ4v) is 3.88. The molecule has 1 atom stereocenters. The van der Waals surface area contributed by atoms with E-state index in [0.717, 1.165) is 20.3 Å². The molecule has 0 saturated carbocycles. The molecule has 0 aliphatic rings. The second-order valence-corrected chi connectivity index (χ2v) is 7.32. The molecule has 2 N–H and O–H groups in total. The number of hydrogen-bond acceptors (Lipinski definition) is 2. The van der Waals surface area contributed by atoms with E-state index in [9.17, 15) is 4.39 Å². The van der Waals surface area contributed by atoms with E-state index in [4.69, 9.17) is 5.73 Å². The molecular formula is C15H14Br2FNS. The van der Waals surface area contributed by atoms with Gasteiger partial charge < -0.3 is 5.73 Å². The molecule has 20 heavy (non-hydrogen) atoms. The van der Waals surface area contributed by atoms with Gasteiger partial charge in [-0.1, -0.05) is 28.1 Å². The average Bonchev–Trinajstić information content (AvgIpc) is 2.36. The van der Waals surface area contributed by atoms with Crippen LogP contribution >= 0.6 is 43.6 Å². The summed E-state index contributed by atoms with van der Waals surface area (Å²) in [6.07, 6.45) is 0.661. The van der Waals surface area contributed by atoms with Crippen LogP contribution < -0.4 is 5.73 Å². The van der Waals surface area contributed by atoms with E-state index in [1.165, 1.54) is 17.0 Å². The highest BCUT2D eigenvalue weighted by molar-refractivity contribution is 9.10. The fourth-order valence-electron chi connectivity index (χ4n) is 1.85. The third-order valence-corrected chi connectivity index (χ3v) is 5.38. The monoisotopic (exact) mass is 417 g/mol. The summed E-state index contributed by atoms with van der Waals surface area (Å²) in [5, 5.41) is 0. The normalized spacial score (nSPS) is 12.4. The molecule has 0 spiro atoms. The Labute approximate surface area is 139 Å². The lowest BCUT2D eigenvalue weighted by atomic mass is 10.1. The first-order valence-corrected chi connectivity index (χ1v) is 8.69. The first-order valence-electron chi connectivity index (χ1n) is 6.12. The van der Waals surface area contributed by atoms with Gasteiger partial charge in [0, 0.05) is 25.6 Å². The number of hydrogen-bond donors (Lipinski definition) is 1. The molecule has 0 aromatic heterocycles. The third kappa shape index (κ3) is 4.88. The summed E-state index contributed by atoms with van der Waals surface area (Å²) >= 11 is 8.52. The summed E-state index contributed by atoms with van der Waals surface area (Å²) in [7, 11) is 0. The number of halogens is 3. The second-order valence-electron chi connectivity index (χ2n) is 4.48. The van der Waals surface area contributed by atoms with Crippen molar-refractivity contribution in [3.63, 3.8) is 0 Å². The zero-order chi connectivity index (χ0) is 14.5. The lowest BCUT2D eigenvalue weighted by molar-refractivity contribution is 0.622. The van der Waals surface area contributed by atoms with Crippen molar-refractivity contribution in [3.05, 3.63) is 62.8 Å². The largest absolute Gasteiger partial charge is 0.327 e. The Hall–Kier alpha value is -0.360. The molecule has 2 rings (SSSR count). The van der Waals surface area contributed by atoms with Crippen LogP contribution in [0.15, 0.2) is 56.3 Å². The summed E-state index contributed by atoms with van der Waals surface area (Å²) in [5.74, 6) is 0.552. The summed E-state index contributed by atoms with van der Waals surface area (Å²) in [6, 6.07) is 12.9. The molecular weight excluding hydrogens is 405 g/mol. The molecule has 2 aromatic rings. The van der Waals surface area contributed by atoms with Crippen LogP contribution in [-0.2, 0) is 6.42 Å². The summed E-state index contributed by atoms with van der Waals surface area (Å²) in [5.41, 5.74) is 7.04. The molecule has 0 bridgehead atoms. The van der Waals surface area contributed by atoms with E-state index in [-0.39, 0.29) is 11.9 Å². The predicted molar refractivity (Wildman–Crippen MR) is 90.6 cm³/mol. The van der Waals surface area contributed by atoms with Crippen molar-refractivity contribution < 1.29 is 4.39 Å². The molecule has 1 unspecified atom stereocenters. The molecule has 0 fully saturated rings. The second kappa shape index (κ2) is 7.59. The molecule has 0 heterocycles. The SMILES string of the molecule is NC(CSc1ccccc1Br)Cc1cc(F)cc(Br)c1. The summed E-state index contributed by atoms with van der Waals surface area (Å²) in [6.45, 7) is 0. The van der Waals surface area contributed by atoms with E-state index in [1.54, 1.807) is 11.8 Å².